The molecule has 0 aliphatic rings. The van der Waals surface area contributed by atoms with E-state index in [9.17, 15) is 0 Å². The zero-order valence-corrected chi connectivity index (χ0v) is 6.40. The number of hydrogen-bond acceptors (Lipinski definition) is 1. The highest BCUT2D eigenvalue weighted by Gasteiger charge is 1.83. The van der Waals surface area contributed by atoms with Crippen molar-refractivity contribution in [2.45, 2.75) is 19.3 Å². The average molecular weight is 137 g/mol. The third-order valence-corrected chi connectivity index (χ3v) is 1.21. The van der Waals surface area contributed by atoms with Gasteiger partial charge < -0.3 is 5.32 Å². The number of terminal acetylenes is 1. The summed E-state index contributed by atoms with van der Waals surface area (Å²) in [5.41, 5.74) is 0. The third-order valence-electron chi connectivity index (χ3n) is 1.21. The van der Waals surface area contributed by atoms with Gasteiger partial charge in [-0.25, -0.2) is 0 Å². The summed E-state index contributed by atoms with van der Waals surface area (Å²) in [6.07, 6.45) is 10.1. The van der Waals surface area contributed by atoms with Gasteiger partial charge in [-0.05, 0) is 19.4 Å². The van der Waals surface area contributed by atoms with Gasteiger partial charge in [0.05, 0.1) is 0 Å². The molecule has 0 atom stereocenters. The van der Waals surface area contributed by atoms with Crippen LogP contribution in [-0.2, 0) is 0 Å². The second kappa shape index (κ2) is 8.26. The molecule has 1 heteroatoms. The first-order valence-electron chi connectivity index (χ1n) is 3.67. The molecule has 0 fully saturated rings. The Morgan fingerprint density at radius 2 is 2.30 bits per heavy atom. The van der Waals surface area contributed by atoms with E-state index in [4.69, 9.17) is 6.42 Å². The first kappa shape index (κ1) is 9.26. The molecule has 1 nitrogen and oxygen atoms in total. The van der Waals surface area contributed by atoms with E-state index in [0.717, 1.165) is 32.4 Å². The second-order valence-electron chi connectivity index (χ2n) is 2.14. The minimum atomic E-state index is 0.827. The zero-order chi connectivity index (χ0) is 7.66. The Balaban J connectivity index is 2.78. The van der Waals surface area contributed by atoms with Gasteiger partial charge in [0.15, 0.2) is 0 Å². The molecule has 0 amide bonds. The van der Waals surface area contributed by atoms with Crippen molar-refractivity contribution in [2.24, 2.45) is 0 Å². The van der Waals surface area contributed by atoms with E-state index in [1.165, 1.54) is 0 Å². The monoisotopic (exact) mass is 137 g/mol. The van der Waals surface area contributed by atoms with Crippen LogP contribution < -0.4 is 5.32 Å². The van der Waals surface area contributed by atoms with Gasteiger partial charge in [-0.3, -0.25) is 0 Å². The van der Waals surface area contributed by atoms with Gasteiger partial charge in [0.25, 0.3) is 0 Å². The standard InChI is InChI=1S/C9H15N/c1-3-5-7-9-10-8-6-4-2/h2-3,10H,1,5-9H2. The molecule has 0 saturated heterocycles. The Kier molecular flexibility index (Phi) is 7.65. The molecule has 0 unspecified atom stereocenters. The fourth-order valence-corrected chi connectivity index (χ4v) is 0.657. The van der Waals surface area contributed by atoms with Crippen LogP contribution in [0.25, 0.3) is 0 Å². The summed E-state index contributed by atoms with van der Waals surface area (Å²) >= 11 is 0. The molecule has 10 heavy (non-hydrogen) atoms. The highest BCUT2D eigenvalue weighted by atomic mass is 14.8. The van der Waals surface area contributed by atoms with Crippen molar-refractivity contribution in [2.75, 3.05) is 13.1 Å². The summed E-state index contributed by atoms with van der Waals surface area (Å²) in [6, 6.07) is 0. The normalized spacial score (nSPS) is 8.70. The van der Waals surface area contributed by atoms with Crippen molar-refractivity contribution >= 4 is 0 Å². The van der Waals surface area contributed by atoms with E-state index in [0.29, 0.717) is 0 Å². The molecular formula is C9H15N. The van der Waals surface area contributed by atoms with E-state index in [1.807, 2.05) is 6.08 Å². The summed E-state index contributed by atoms with van der Waals surface area (Å²) in [6.45, 7) is 5.62. The molecule has 0 aromatic rings. The van der Waals surface area contributed by atoms with Gasteiger partial charge in [0.2, 0.25) is 0 Å². The van der Waals surface area contributed by atoms with Crippen LogP contribution in [0.15, 0.2) is 12.7 Å². The maximum absolute atomic E-state index is 5.06. The largest absolute Gasteiger partial charge is 0.316 e. The topological polar surface area (TPSA) is 12.0 Å². The molecule has 56 valence electrons. The van der Waals surface area contributed by atoms with Crippen molar-refractivity contribution in [3.05, 3.63) is 12.7 Å². The Morgan fingerprint density at radius 1 is 1.50 bits per heavy atom. The predicted molar refractivity (Wildman–Crippen MR) is 45.8 cm³/mol. The van der Waals surface area contributed by atoms with Crippen molar-refractivity contribution in [3.63, 3.8) is 0 Å². The Bertz CT molecular complexity index is 110. The summed E-state index contributed by atoms with van der Waals surface area (Å²) < 4.78 is 0. The minimum Gasteiger partial charge on any atom is -0.316 e. The molecule has 0 aromatic carbocycles. The molecule has 0 bridgehead atoms. The molecular weight excluding hydrogens is 122 g/mol. The van der Waals surface area contributed by atoms with Crippen LogP contribution in [0.3, 0.4) is 0 Å². The third kappa shape index (κ3) is 7.26. The van der Waals surface area contributed by atoms with Crippen LogP contribution in [0.2, 0.25) is 0 Å². The summed E-state index contributed by atoms with van der Waals surface area (Å²) in [5.74, 6) is 2.58. The second-order valence-corrected chi connectivity index (χ2v) is 2.14. The fraction of sp³-hybridized carbons (Fsp3) is 0.556. The van der Waals surface area contributed by atoms with Crippen molar-refractivity contribution in [3.8, 4) is 12.3 Å². The fourth-order valence-electron chi connectivity index (χ4n) is 0.657. The van der Waals surface area contributed by atoms with Crippen LogP contribution in [0, 0.1) is 12.3 Å². The molecule has 0 radical (unpaired) electrons. The lowest BCUT2D eigenvalue weighted by Gasteiger charge is -1.98. The van der Waals surface area contributed by atoms with E-state index in [2.05, 4.69) is 17.8 Å². The highest BCUT2D eigenvalue weighted by Crippen LogP contribution is 1.85. The van der Waals surface area contributed by atoms with Gasteiger partial charge in [-0.15, -0.1) is 18.9 Å². The smallest absolute Gasteiger partial charge is 0.0211 e. The summed E-state index contributed by atoms with van der Waals surface area (Å²) in [5, 5.41) is 3.23. The molecule has 0 heterocycles. The lowest BCUT2D eigenvalue weighted by molar-refractivity contribution is 0.663. The maximum atomic E-state index is 5.06. The van der Waals surface area contributed by atoms with Gasteiger partial charge in [0, 0.05) is 13.0 Å². The van der Waals surface area contributed by atoms with E-state index in [-0.39, 0.29) is 0 Å². The van der Waals surface area contributed by atoms with Crippen molar-refractivity contribution < 1.29 is 0 Å². The van der Waals surface area contributed by atoms with Crippen LogP contribution in [-0.4, -0.2) is 13.1 Å². The van der Waals surface area contributed by atoms with E-state index in [1.54, 1.807) is 0 Å². The number of unbranched alkanes of at least 4 members (excludes halogenated alkanes) is 1. The highest BCUT2D eigenvalue weighted by molar-refractivity contribution is 4.83. The molecule has 0 aliphatic carbocycles. The first-order valence-corrected chi connectivity index (χ1v) is 3.67. The first-order chi connectivity index (χ1) is 4.91. The quantitative estimate of drug-likeness (QED) is 0.333. The Labute approximate surface area is 63.5 Å². The Morgan fingerprint density at radius 3 is 2.90 bits per heavy atom. The van der Waals surface area contributed by atoms with Gasteiger partial charge in [0.1, 0.15) is 0 Å². The molecule has 0 rings (SSSR count). The summed E-state index contributed by atoms with van der Waals surface area (Å²) in [4.78, 5) is 0. The van der Waals surface area contributed by atoms with Gasteiger partial charge in [-0.2, -0.15) is 0 Å². The minimum absolute atomic E-state index is 0.827. The van der Waals surface area contributed by atoms with E-state index < -0.39 is 0 Å². The SMILES string of the molecule is C#CCCNCCCC=C. The molecule has 0 spiro atoms. The molecule has 1 N–H and O–H groups in total. The lowest BCUT2D eigenvalue weighted by Crippen LogP contribution is -2.15. The zero-order valence-electron chi connectivity index (χ0n) is 6.40. The summed E-state index contributed by atoms with van der Waals surface area (Å²) in [7, 11) is 0. The number of hydrogen-bond donors (Lipinski definition) is 1. The Hall–Kier alpha value is -0.740. The van der Waals surface area contributed by atoms with Crippen LogP contribution in [0.5, 0.6) is 0 Å². The van der Waals surface area contributed by atoms with Crippen LogP contribution in [0.1, 0.15) is 19.3 Å². The molecule has 0 aromatic heterocycles. The van der Waals surface area contributed by atoms with Gasteiger partial charge in [-0.1, -0.05) is 6.08 Å². The van der Waals surface area contributed by atoms with Crippen LogP contribution >= 0.6 is 0 Å². The molecule has 0 saturated carbocycles. The molecule has 0 aliphatic heterocycles. The van der Waals surface area contributed by atoms with Crippen molar-refractivity contribution in [1.82, 2.24) is 5.32 Å². The number of allylic oxidation sites excluding steroid dienone is 1. The lowest BCUT2D eigenvalue weighted by atomic mass is 10.3. The van der Waals surface area contributed by atoms with E-state index >= 15 is 0 Å². The number of nitrogens with one attached hydrogen (secondary N) is 1. The predicted octanol–water partition coefficient (Wildman–Crippen LogP) is 1.57. The average Bonchev–Trinajstić information content (AvgIpc) is 1.97. The van der Waals surface area contributed by atoms with Gasteiger partial charge >= 0.3 is 0 Å². The van der Waals surface area contributed by atoms with Crippen molar-refractivity contribution in [1.29, 1.82) is 0 Å². The van der Waals surface area contributed by atoms with Crippen LogP contribution in [0.4, 0.5) is 0 Å². The number of rotatable bonds is 6. The maximum Gasteiger partial charge on any atom is 0.0211 e.